The third kappa shape index (κ3) is 6.60. The van der Waals surface area contributed by atoms with Gasteiger partial charge in [0.05, 0.1) is 12.3 Å². The lowest BCUT2D eigenvalue weighted by atomic mass is 10.00. The smallest absolute Gasteiger partial charge is 0.387 e. The number of nitrogens with one attached hydrogen (secondary N) is 2. The minimum Gasteiger partial charge on any atom is -0.493 e. The summed E-state index contributed by atoms with van der Waals surface area (Å²) in [5.74, 6) is 2.06. The zero-order valence-electron chi connectivity index (χ0n) is 18.1. The van der Waals surface area contributed by atoms with Gasteiger partial charge in [-0.05, 0) is 32.4 Å². The van der Waals surface area contributed by atoms with E-state index in [1.807, 2.05) is 20.8 Å². The SMILES string of the molecule is CCCOc1ccc(CNC(=NC)NCC(C)c2c(C)noc2C)c(OC(F)F)c1. The van der Waals surface area contributed by atoms with Gasteiger partial charge in [0, 0.05) is 43.2 Å². The van der Waals surface area contributed by atoms with E-state index in [0.717, 1.165) is 23.4 Å². The molecule has 7 nitrogen and oxygen atoms in total. The van der Waals surface area contributed by atoms with Gasteiger partial charge in [0.2, 0.25) is 0 Å². The van der Waals surface area contributed by atoms with E-state index in [9.17, 15) is 8.78 Å². The lowest BCUT2D eigenvalue weighted by Gasteiger charge is -2.17. The van der Waals surface area contributed by atoms with Crippen molar-refractivity contribution < 1.29 is 22.8 Å². The molecule has 0 radical (unpaired) electrons. The molecule has 9 heteroatoms. The van der Waals surface area contributed by atoms with Crippen molar-refractivity contribution in [3.8, 4) is 11.5 Å². The highest BCUT2D eigenvalue weighted by Crippen LogP contribution is 2.27. The van der Waals surface area contributed by atoms with Crippen LogP contribution in [0.25, 0.3) is 0 Å². The highest BCUT2D eigenvalue weighted by Gasteiger charge is 2.17. The number of ether oxygens (including phenoxy) is 2. The van der Waals surface area contributed by atoms with Gasteiger partial charge >= 0.3 is 6.61 Å². The molecule has 0 spiro atoms. The zero-order valence-corrected chi connectivity index (χ0v) is 18.1. The van der Waals surface area contributed by atoms with E-state index < -0.39 is 6.61 Å². The molecule has 1 aromatic heterocycles. The Balaban J connectivity index is 1.99. The molecule has 1 atom stereocenters. The van der Waals surface area contributed by atoms with Crippen LogP contribution in [0, 0.1) is 13.8 Å². The van der Waals surface area contributed by atoms with E-state index in [0.29, 0.717) is 30.4 Å². The topological polar surface area (TPSA) is 80.9 Å². The lowest BCUT2D eigenvalue weighted by Crippen LogP contribution is -2.38. The molecule has 1 heterocycles. The fourth-order valence-corrected chi connectivity index (χ4v) is 3.14. The van der Waals surface area contributed by atoms with Crippen molar-refractivity contribution in [2.45, 2.75) is 53.2 Å². The second-order valence-corrected chi connectivity index (χ2v) is 6.94. The summed E-state index contributed by atoms with van der Waals surface area (Å²) in [7, 11) is 1.65. The van der Waals surface area contributed by atoms with Crippen LogP contribution >= 0.6 is 0 Å². The van der Waals surface area contributed by atoms with E-state index in [-0.39, 0.29) is 18.2 Å². The van der Waals surface area contributed by atoms with Crippen molar-refractivity contribution in [2.24, 2.45) is 4.99 Å². The van der Waals surface area contributed by atoms with Crippen molar-refractivity contribution in [1.29, 1.82) is 0 Å². The summed E-state index contributed by atoms with van der Waals surface area (Å²) >= 11 is 0. The highest BCUT2D eigenvalue weighted by atomic mass is 19.3. The van der Waals surface area contributed by atoms with Crippen LogP contribution in [0.5, 0.6) is 11.5 Å². The van der Waals surface area contributed by atoms with E-state index in [1.54, 1.807) is 19.2 Å². The molecule has 166 valence electrons. The maximum Gasteiger partial charge on any atom is 0.387 e. The maximum absolute atomic E-state index is 12.8. The Morgan fingerprint density at radius 2 is 2.03 bits per heavy atom. The first-order valence-corrected chi connectivity index (χ1v) is 9.93. The molecule has 2 aromatic rings. The average molecular weight is 424 g/mol. The molecular formula is C21H30F2N4O3. The Morgan fingerprint density at radius 3 is 2.63 bits per heavy atom. The number of benzene rings is 1. The first-order chi connectivity index (χ1) is 14.3. The van der Waals surface area contributed by atoms with E-state index in [2.05, 4.69) is 32.4 Å². The normalized spacial score (nSPS) is 12.7. The van der Waals surface area contributed by atoms with Gasteiger partial charge in [0.25, 0.3) is 0 Å². The minimum absolute atomic E-state index is 0.0747. The van der Waals surface area contributed by atoms with Crippen LogP contribution in [0.4, 0.5) is 8.78 Å². The summed E-state index contributed by atoms with van der Waals surface area (Å²) in [6.45, 7) is 6.29. The molecule has 2 rings (SSSR count). The number of aliphatic imine (C=N–C) groups is 1. The molecule has 0 saturated heterocycles. The summed E-state index contributed by atoms with van der Waals surface area (Å²) < 4.78 is 41.1. The molecule has 0 aliphatic heterocycles. The van der Waals surface area contributed by atoms with Gasteiger partial charge < -0.3 is 24.6 Å². The fourth-order valence-electron chi connectivity index (χ4n) is 3.14. The maximum atomic E-state index is 12.8. The van der Waals surface area contributed by atoms with Crippen molar-refractivity contribution in [2.75, 3.05) is 20.2 Å². The number of hydrogen-bond acceptors (Lipinski definition) is 5. The third-order valence-electron chi connectivity index (χ3n) is 4.55. The Morgan fingerprint density at radius 1 is 1.27 bits per heavy atom. The molecule has 0 bridgehead atoms. The molecule has 0 amide bonds. The number of aromatic nitrogens is 1. The van der Waals surface area contributed by atoms with Gasteiger partial charge in [0.15, 0.2) is 5.96 Å². The second-order valence-electron chi connectivity index (χ2n) is 6.94. The highest BCUT2D eigenvalue weighted by molar-refractivity contribution is 5.79. The van der Waals surface area contributed by atoms with Gasteiger partial charge in [-0.1, -0.05) is 19.0 Å². The Hall–Kier alpha value is -2.84. The number of hydrogen-bond donors (Lipinski definition) is 2. The molecular weight excluding hydrogens is 394 g/mol. The predicted molar refractivity (Wildman–Crippen MR) is 111 cm³/mol. The summed E-state index contributed by atoms with van der Waals surface area (Å²) in [6, 6.07) is 4.92. The molecule has 0 aliphatic rings. The molecule has 0 aliphatic carbocycles. The third-order valence-corrected chi connectivity index (χ3v) is 4.55. The largest absolute Gasteiger partial charge is 0.493 e. The van der Waals surface area contributed by atoms with Crippen LogP contribution in [-0.2, 0) is 6.54 Å². The standard InChI is InChI=1S/C21H30F2N4O3/c1-6-9-28-17-8-7-16(18(10-17)29-20(22)23)12-26-21(24-5)25-11-13(2)19-14(3)27-30-15(19)4/h7-8,10,13,20H,6,9,11-12H2,1-5H3,(H2,24,25,26). The number of alkyl halides is 2. The van der Waals surface area contributed by atoms with Crippen LogP contribution in [-0.4, -0.2) is 37.9 Å². The van der Waals surface area contributed by atoms with Crippen molar-refractivity contribution in [3.63, 3.8) is 0 Å². The summed E-state index contributed by atoms with van der Waals surface area (Å²) in [5.41, 5.74) is 2.50. The Kier molecular flexibility index (Phi) is 8.89. The minimum atomic E-state index is -2.92. The van der Waals surface area contributed by atoms with Gasteiger partial charge in [-0.2, -0.15) is 8.78 Å². The van der Waals surface area contributed by atoms with Gasteiger partial charge in [-0.25, -0.2) is 0 Å². The Bertz CT molecular complexity index is 820. The first kappa shape index (κ1) is 23.4. The van der Waals surface area contributed by atoms with Crippen LogP contribution in [0.1, 0.15) is 48.8 Å². The van der Waals surface area contributed by atoms with Crippen LogP contribution < -0.4 is 20.1 Å². The number of guanidine groups is 1. The molecule has 0 fully saturated rings. The monoisotopic (exact) mass is 424 g/mol. The van der Waals surface area contributed by atoms with E-state index >= 15 is 0 Å². The molecule has 1 unspecified atom stereocenters. The second kappa shape index (κ2) is 11.4. The van der Waals surface area contributed by atoms with Crippen molar-refractivity contribution in [1.82, 2.24) is 15.8 Å². The van der Waals surface area contributed by atoms with Crippen molar-refractivity contribution in [3.05, 3.63) is 40.8 Å². The van der Waals surface area contributed by atoms with Crippen LogP contribution in [0.3, 0.4) is 0 Å². The molecule has 30 heavy (non-hydrogen) atoms. The lowest BCUT2D eigenvalue weighted by molar-refractivity contribution is -0.0505. The first-order valence-electron chi connectivity index (χ1n) is 9.93. The molecule has 0 saturated carbocycles. The van der Waals surface area contributed by atoms with Gasteiger partial charge in [0.1, 0.15) is 17.3 Å². The van der Waals surface area contributed by atoms with E-state index in [1.165, 1.54) is 6.07 Å². The molecule has 2 N–H and O–H groups in total. The quantitative estimate of drug-likeness (QED) is 0.441. The zero-order chi connectivity index (χ0) is 22.1. The van der Waals surface area contributed by atoms with Crippen LogP contribution in [0.15, 0.2) is 27.7 Å². The predicted octanol–water partition coefficient (Wildman–Crippen LogP) is 4.15. The van der Waals surface area contributed by atoms with Gasteiger partial charge in [-0.3, -0.25) is 4.99 Å². The van der Waals surface area contributed by atoms with Crippen molar-refractivity contribution >= 4 is 5.96 Å². The van der Waals surface area contributed by atoms with E-state index in [4.69, 9.17) is 9.26 Å². The number of aryl methyl sites for hydroxylation is 2. The average Bonchev–Trinajstić information content (AvgIpc) is 3.05. The van der Waals surface area contributed by atoms with Crippen LogP contribution in [0.2, 0.25) is 0 Å². The summed E-state index contributed by atoms with van der Waals surface area (Å²) in [4.78, 5) is 4.19. The fraction of sp³-hybridized carbons (Fsp3) is 0.524. The number of halogens is 2. The summed E-state index contributed by atoms with van der Waals surface area (Å²) in [5, 5.41) is 10.3. The summed E-state index contributed by atoms with van der Waals surface area (Å²) in [6.07, 6.45) is 0.822. The number of rotatable bonds is 10. The number of nitrogens with zero attached hydrogens (tertiary/aromatic N) is 2. The molecule has 1 aromatic carbocycles. The Labute approximate surface area is 175 Å². The van der Waals surface area contributed by atoms with Gasteiger partial charge in [-0.15, -0.1) is 0 Å².